The molecule has 2 heteroatoms. The van der Waals surface area contributed by atoms with Crippen LogP contribution in [0, 0.1) is 23.9 Å². The summed E-state index contributed by atoms with van der Waals surface area (Å²) in [5.74, 6) is 0. The second-order valence-electron chi connectivity index (χ2n) is 3.66. The zero-order valence-electron chi connectivity index (χ0n) is 7.15. The normalized spacial score (nSPS) is 11.8. The van der Waals surface area contributed by atoms with Gasteiger partial charge in [0.1, 0.15) is 0 Å². The number of rotatable bonds is 1. The van der Waals surface area contributed by atoms with Gasteiger partial charge in [-0.3, -0.25) is 0 Å². The molecule has 0 amide bonds. The molecule has 10 heavy (non-hydrogen) atoms. The maximum Gasteiger partial charge on any atom is 0.201 e. The van der Waals surface area contributed by atoms with Gasteiger partial charge in [-0.1, -0.05) is 19.6 Å². The molecule has 0 fully saturated rings. The average molecular weight is 166 g/mol. The minimum atomic E-state index is -1.70. The molecule has 0 nitrogen and oxygen atoms in total. The number of hydrogen-bond donors (Lipinski definition) is 0. The predicted molar refractivity (Wildman–Crippen MR) is 52.6 cm³/mol. The highest BCUT2D eigenvalue weighted by molar-refractivity contribution is 7.47. The van der Waals surface area contributed by atoms with Crippen LogP contribution in [0.4, 0.5) is 0 Å². The fourth-order valence-electron chi connectivity index (χ4n) is 0.475. The van der Waals surface area contributed by atoms with E-state index in [1.807, 2.05) is 0 Å². The summed E-state index contributed by atoms with van der Waals surface area (Å²) >= 11 is 0. The Morgan fingerprint density at radius 2 is 1.20 bits per heavy atom. The van der Waals surface area contributed by atoms with Gasteiger partial charge in [0, 0.05) is 0 Å². The largest absolute Gasteiger partial charge is 0.201 e. The van der Waals surface area contributed by atoms with E-state index in [9.17, 15) is 0 Å². The van der Waals surface area contributed by atoms with Gasteiger partial charge in [-0.05, 0) is 6.55 Å². The van der Waals surface area contributed by atoms with Gasteiger partial charge in [0.2, 0.25) is 7.59 Å². The highest BCUT2D eigenvalue weighted by Crippen LogP contribution is 2.16. The Balaban J connectivity index is 4.77. The molecule has 0 N–H and O–H groups in total. The van der Waals surface area contributed by atoms with Gasteiger partial charge in [0.25, 0.3) is 0 Å². The molecule has 0 aliphatic rings. The first-order valence-electron chi connectivity index (χ1n) is 3.33. The Labute approximate surface area is 65.8 Å². The summed E-state index contributed by atoms with van der Waals surface area (Å²) in [6.07, 6.45) is 10.8. The Morgan fingerprint density at radius 1 is 0.900 bits per heavy atom. The molecular formula is C8H14Si2. The number of hydrogen-bond acceptors (Lipinski definition) is 0. The molecule has 0 atom stereocenters. The second-order valence-corrected chi connectivity index (χ2v) is 18.5. The summed E-state index contributed by atoms with van der Waals surface area (Å²) < 4.78 is 0. The van der Waals surface area contributed by atoms with Gasteiger partial charge >= 0.3 is 0 Å². The van der Waals surface area contributed by atoms with Crippen molar-refractivity contribution in [3.63, 3.8) is 0 Å². The summed E-state index contributed by atoms with van der Waals surface area (Å²) in [5.41, 5.74) is 5.67. The molecule has 0 spiro atoms. The van der Waals surface area contributed by atoms with Crippen LogP contribution >= 0.6 is 0 Å². The van der Waals surface area contributed by atoms with Crippen LogP contribution in [0.25, 0.3) is 0 Å². The summed E-state index contributed by atoms with van der Waals surface area (Å²) in [4.78, 5) is 0. The Kier molecular flexibility index (Phi) is 2.54. The van der Waals surface area contributed by atoms with E-state index < -0.39 is 15.2 Å². The van der Waals surface area contributed by atoms with Crippen LogP contribution in [0.15, 0.2) is 0 Å². The molecule has 0 rings (SSSR count). The lowest BCUT2D eigenvalue weighted by Crippen LogP contribution is -2.53. The predicted octanol–water partition coefficient (Wildman–Crippen LogP) is 1.83. The van der Waals surface area contributed by atoms with Crippen LogP contribution in [-0.2, 0) is 0 Å². The second kappa shape index (κ2) is 2.66. The fourth-order valence-corrected chi connectivity index (χ4v) is 4.02. The zero-order valence-corrected chi connectivity index (χ0v) is 9.15. The molecule has 0 radical (unpaired) electrons. The third kappa shape index (κ3) is 1.53. The fraction of sp³-hybridized carbons (Fsp3) is 0.500. The van der Waals surface area contributed by atoms with E-state index in [-0.39, 0.29) is 0 Å². The molecule has 0 heterocycles. The van der Waals surface area contributed by atoms with E-state index in [4.69, 9.17) is 12.8 Å². The first-order valence-corrected chi connectivity index (χ1v) is 10.3. The lowest BCUT2D eigenvalue weighted by molar-refractivity contribution is 1.81. The van der Waals surface area contributed by atoms with Gasteiger partial charge in [-0.15, -0.1) is 23.9 Å². The maximum absolute atomic E-state index is 5.41. The van der Waals surface area contributed by atoms with Crippen molar-refractivity contribution < 1.29 is 0 Å². The van der Waals surface area contributed by atoms with Crippen LogP contribution < -0.4 is 0 Å². The molecular weight excluding hydrogens is 152 g/mol. The molecule has 0 aliphatic heterocycles. The SMILES string of the molecule is C#C[Si](C)(C#C)[Si](C)(C)C. The molecule has 0 bridgehead atoms. The molecule has 0 aromatic heterocycles. The van der Waals surface area contributed by atoms with Crippen LogP contribution in [0.1, 0.15) is 0 Å². The molecule has 0 aromatic rings. The van der Waals surface area contributed by atoms with Crippen molar-refractivity contribution in [1.82, 2.24) is 0 Å². The topological polar surface area (TPSA) is 0 Å². The van der Waals surface area contributed by atoms with E-state index in [1.165, 1.54) is 0 Å². The summed E-state index contributed by atoms with van der Waals surface area (Å²) in [6, 6.07) is 0. The van der Waals surface area contributed by atoms with Crippen molar-refractivity contribution in [3.8, 4) is 23.9 Å². The van der Waals surface area contributed by atoms with Crippen LogP contribution in [-0.4, -0.2) is 15.2 Å². The van der Waals surface area contributed by atoms with Gasteiger partial charge in [-0.2, -0.15) is 0 Å². The minimum Gasteiger partial charge on any atom is -0.126 e. The lowest BCUT2D eigenvalue weighted by Gasteiger charge is -2.27. The van der Waals surface area contributed by atoms with E-state index in [0.717, 1.165) is 0 Å². The van der Waals surface area contributed by atoms with Crippen molar-refractivity contribution in [2.45, 2.75) is 26.2 Å². The van der Waals surface area contributed by atoms with Crippen molar-refractivity contribution in [3.05, 3.63) is 0 Å². The highest BCUT2D eigenvalue weighted by Gasteiger charge is 2.38. The Morgan fingerprint density at radius 3 is 1.20 bits per heavy atom. The molecule has 0 unspecified atom stereocenters. The summed E-state index contributed by atoms with van der Waals surface area (Å²) in [6.45, 7) is 8.86. The summed E-state index contributed by atoms with van der Waals surface area (Å²) in [7, 11) is -2.95. The Bertz CT molecular complexity index is 183. The first-order chi connectivity index (χ1) is 4.37. The quantitative estimate of drug-likeness (QED) is 0.412. The van der Waals surface area contributed by atoms with Crippen molar-refractivity contribution in [2.24, 2.45) is 0 Å². The van der Waals surface area contributed by atoms with Gasteiger partial charge in [0.15, 0.2) is 0 Å². The monoisotopic (exact) mass is 166 g/mol. The van der Waals surface area contributed by atoms with Crippen molar-refractivity contribution in [1.29, 1.82) is 0 Å². The lowest BCUT2D eigenvalue weighted by atomic mass is 11.4. The van der Waals surface area contributed by atoms with E-state index in [2.05, 4.69) is 37.3 Å². The zero-order chi connectivity index (χ0) is 8.41. The average Bonchev–Trinajstić information content (AvgIpc) is 1.84. The van der Waals surface area contributed by atoms with E-state index in [0.29, 0.717) is 0 Å². The third-order valence-electron chi connectivity index (χ3n) is 2.08. The van der Waals surface area contributed by atoms with Gasteiger partial charge in [-0.25, -0.2) is 0 Å². The molecule has 0 saturated carbocycles. The van der Waals surface area contributed by atoms with Crippen molar-refractivity contribution >= 4 is 15.2 Å². The first kappa shape index (κ1) is 9.55. The smallest absolute Gasteiger partial charge is 0.126 e. The standard InChI is InChI=1S/C8H14Si2/c1-7-10(6,8-2)9(3,4)5/h1-2H,3-6H3. The summed E-state index contributed by atoms with van der Waals surface area (Å²) in [5, 5.41) is 0. The molecule has 54 valence electrons. The van der Waals surface area contributed by atoms with Crippen LogP contribution in [0.2, 0.25) is 26.2 Å². The molecule has 0 aromatic carbocycles. The minimum absolute atomic E-state index is 1.24. The van der Waals surface area contributed by atoms with E-state index in [1.54, 1.807) is 0 Å². The number of terminal acetylenes is 2. The molecule has 0 saturated heterocycles. The Hall–Kier alpha value is -0.446. The van der Waals surface area contributed by atoms with E-state index >= 15 is 0 Å². The van der Waals surface area contributed by atoms with Crippen LogP contribution in [0.3, 0.4) is 0 Å². The van der Waals surface area contributed by atoms with Crippen LogP contribution in [0.5, 0.6) is 0 Å². The maximum atomic E-state index is 5.41. The van der Waals surface area contributed by atoms with Gasteiger partial charge in [0.05, 0.1) is 7.59 Å². The van der Waals surface area contributed by atoms with Crippen molar-refractivity contribution in [2.75, 3.05) is 0 Å². The van der Waals surface area contributed by atoms with Gasteiger partial charge < -0.3 is 0 Å². The highest BCUT2D eigenvalue weighted by atomic mass is 29.3. The molecule has 0 aliphatic carbocycles. The third-order valence-corrected chi connectivity index (χ3v) is 16.1.